The first-order valence-corrected chi connectivity index (χ1v) is 14.2. The Bertz CT molecular complexity index is 1460. The summed E-state index contributed by atoms with van der Waals surface area (Å²) in [5.41, 5.74) is 11.8. The number of aryl methyl sites for hydroxylation is 1. The molecule has 0 heterocycles. The van der Waals surface area contributed by atoms with Crippen molar-refractivity contribution in [3.05, 3.63) is 88.0 Å². The molecule has 6 rings (SSSR count). The van der Waals surface area contributed by atoms with Crippen LogP contribution < -0.4 is 5.73 Å². The molecule has 4 atom stereocenters. The van der Waals surface area contributed by atoms with Crippen LogP contribution in [0.5, 0.6) is 0 Å². The van der Waals surface area contributed by atoms with Gasteiger partial charge in [-0.25, -0.2) is 4.79 Å². The van der Waals surface area contributed by atoms with Crippen molar-refractivity contribution in [3.63, 3.8) is 0 Å². The predicted octanol–water partition coefficient (Wildman–Crippen LogP) is 7.29. The van der Waals surface area contributed by atoms with E-state index >= 15 is 0 Å². The molecule has 0 aromatic heterocycles. The van der Waals surface area contributed by atoms with Gasteiger partial charge in [-0.1, -0.05) is 66.3 Å². The topological polar surface area (TPSA) is 69.4 Å². The Hall–Kier alpha value is -3.02. The quantitative estimate of drug-likeness (QED) is 0.127. The number of halogens is 1. The van der Waals surface area contributed by atoms with Crippen LogP contribution in [-0.4, -0.2) is 28.1 Å². The van der Waals surface area contributed by atoms with Crippen LogP contribution >= 0.6 is 23.8 Å². The summed E-state index contributed by atoms with van der Waals surface area (Å²) in [6, 6.07) is 16.9. The van der Waals surface area contributed by atoms with Gasteiger partial charge >= 0.3 is 5.97 Å². The molecule has 6 heteroatoms. The molecule has 2 fully saturated rings. The molecule has 0 radical (unpaired) electrons. The zero-order valence-electron chi connectivity index (χ0n) is 21.3. The van der Waals surface area contributed by atoms with Crippen LogP contribution in [0.4, 0.5) is 5.69 Å². The Morgan fingerprint density at radius 2 is 1.61 bits per heavy atom. The summed E-state index contributed by atoms with van der Waals surface area (Å²) in [7, 11) is 0. The minimum atomic E-state index is -0.456. The average molecular weight is 544 g/mol. The molecule has 3 aliphatic rings. The van der Waals surface area contributed by atoms with Crippen LogP contribution in [0.15, 0.2) is 54.6 Å². The van der Waals surface area contributed by atoms with E-state index in [-0.39, 0.29) is 28.5 Å². The molecule has 3 aromatic rings. The van der Waals surface area contributed by atoms with Crippen molar-refractivity contribution in [2.45, 2.75) is 56.9 Å². The molecule has 194 valence electrons. The molecular formula is C32H30ClNO3S. The predicted molar refractivity (Wildman–Crippen MR) is 155 cm³/mol. The summed E-state index contributed by atoms with van der Waals surface area (Å²) < 4.78 is 6.09. The lowest BCUT2D eigenvalue weighted by Gasteiger charge is -2.40. The highest BCUT2D eigenvalue weighted by Crippen LogP contribution is 2.44. The van der Waals surface area contributed by atoms with E-state index in [2.05, 4.69) is 0 Å². The smallest absolute Gasteiger partial charge is 0.340 e. The van der Waals surface area contributed by atoms with Crippen LogP contribution in [0.2, 0.25) is 0 Å². The Morgan fingerprint density at radius 3 is 2.37 bits per heavy atom. The summed E-state index contributed by atoms with van der Waals surface area (Å²) in [4.78, 5) is 27.9. The van der Waals surface area contributed by atoms with Gasteiger partial charge in [0.25, 0.3) is 0 Å². The molecule has 2 N–H and O–H groups in total. The van der Waals surface area contributed by atoms with Gasteiger partial charge in [-0.2, -0.15) is 0 Å². The van der Waals surface area contributed by atoms with E-state index in [9.17, 15) is 9.59 Å². The maximum atomic E-state index is 13.8. The first kappa shape index (κ1) is 25.3. The minimum Gasteiger partial charge on any atom is -0.459 e. The van der Waals surface area contributed by atoms with E-state index in [1.54, 1.807) is 12.1 Å². The van der Waals surface area contributed by atoms with Crippen molar-refractivity contribution >= 4 is 46.1 Å². The molecule has 0 amide bonds. The second-order valence-corrected chi connectivity index (χ2v) is 12.0. The molecule has 0 saturated heterocycles. The third kappa shape index (κ3) is 4.36. The Morgan fingerprint density at radius 1 is 0.921 bits per heavy atom. The fraction of sp³-hybridized carbons (Fsp3) is 0.344. The fourth-order valence-electron chi connectivity index (χ4n) is 6.56. The van der Waals surface area contributed by atoms with Crippen molar-refractivity contribution in [2.75, 3.05) is 5.73 Å². The second-order valence-electron chi connectivity index (χ2n) is 11.0. The van der Waals surface area contributed by atoms with Crippen LogP contribution in [0.3, 0.4) is 0 Å². The molecule has 3 aliphatic carbocycles. The molecule has 0 spiro atoms. The highest BCUT2D eigenvalue weighted by molar-refractivity contribution is 7.81. The van der Waals surface area contributed by atoms with E-state index in [4.69, 9.17) is 34.3 Å². The molecule has 4 unspecified atom stereocenters. The van der Waals surface area contributed by atoms with E-state index in [0.717, 1.165) is 49.7 Å². The van der Waals surface area contributed by atoms with E-state index in [1.807, 2.05) is 49.4 Å². The van der Waals surface area contributed by atoms with Crippen molar-refractivity contribution < 1.29 is 14.3 Å². The number of carbonyl (C=O) groups is 2. The highest BCUT2D eigenvalue weighted by atomic mass is 35.5. The molecule has 3 aromatic carbocycles. The van der Waals surface area contributed by atoms with E-state index in [0.29, 0.717) is 44.5 Å². The number of benzene rings is 3. The Labute approximate surface area is 233 Å². The molecule has 0 bridgehead atoms. The third-order valence-electron chi connectivity index (χ3n) is 8.60. The van der Waals surface area contributed by atoms with Gasteiger partial charge in [0.1, 0.15) is 6.10 Å². The van der Waals surface area contributed by atoms with E-state index < -0.39 is 5.97 Å². The number of hydrogen-bond donors (Lipinski definition) is 1. The van der Waals surface area contributed by atoms with Gasteiger partial charge in [-0.05, 0) is 74.5 Å². The lowest BCUT2D eigenvalue weighted by molar-refractivity contribution is -0.000552. The number of ketones is 1. The number of alkyl halides is 1. The zero-order chi connectivity index (χ0) is 26.6. The zero-order valence-corrected chi connectivity index (χ0v) is 22.9. The molecule has 2 saturated carbocycles. The second kappa shape index (κ2) is 9.94. The Kier molecular flexibility index (Phi) is 6.61. The number of anilines is 1. The van der Waals surface area contributed by atoms with Crippen LogP contribution in [0.25, 0.3) is 11.1 Å². The number of thiocarbonyl (C=S) groups is 1. The van der Waals surface area contributed by atoms with Crippen molar-refractivity contribution in [1.82, 2.24) is 0 Å². The normalized spacial score (nSPS) is 24.3. The molecular weight excluding hydrogens is 514 g/mol. The minimum absolute atomic E-state index is 0.139. The average Bonchev–Trinajstić information content (AvgIpc) is 2.92. The number of rotatable bonds is 3. The number of ether oxygens (including phenoxy) is 1. The number of esters is 1. The van der Waals surface area contributed by atoms with Gasteiger partial charge < -0.3 is 10.5 Å². The summed E-state index contributed by atoms with van der Waals surface area (Å²) in [5, 5.41) is 0.266. The number of nitrogens with two attached hydrogens (primary N) is 1. The van der Waals surface area contributed by atoms with E-state index in [1.165, 1.54) is 0 Å². The highest BCUT2D eigenvalue weighted by Gasteiger charge is 2.38. The first-order valence-electron chi connectivity index (χ1n) is 13.4. The molecule has 4 nitrogen and oxygen atoms in total. The standard InChI is InChI=1S/C32H30ClNO3S/c1-17-6-8-18(9-7-17)25-16-26(32(36)37-22-13-11-19-14-21(33)12-10-20(19)15-22)29(34)28-27(25)30(35)23-4-2-3-5-24(23)31(28)38/h2-9,16,19-22H,10-15,34H2,1H3. The monoisotopic (exact) mass is 543 g/mol. The SMILES string of the molecule is Cc1ccc(-c2cc(C(=O)OC3CCC4CC(Cl)CCC4C3)c(N)c3c2C(=O)c2ccccc2C3=S)cc1. The fourth-order valence-corrected chi connectivity index (χ4v) is 7.30. The summed E-state index contributed by atoms with van der Waals surface area (Å²) >= 11 is 12.3. The maximum absolute atomic E-state index is 13.8. The molecule has 38 heavy (non-hydrogen) atoms. The Balaban J connectivity index is 1.40. The molecule has 0 aliphatic heterocycles. The van der Waals surface area contributed by atoms with Gasteiger partial charge in [-0.15, -0.1) is 11.6 Å². The van der Waals surface area contributed by atoms with Gasteiger partial charge in [0.2, 0.25) is 0 Å². The van der Waals surface area contributed by atoms with Crippen LogP contribution in [0, 0.1) is 18.8 Å². The van der Waals surface area contributed by atoms with Gasteiger partial charge in [0.15, 0.2) is 5.78 Å². The maximum Gasteiger partial charge on any atom is 0.340 e. The lowest BCUT2D eigenvalue weighted by Crippen LogP contribution is -2.35. The lowest BCUT2D eigenvalue weighted by atomic mass is 9.70. The number of nitrogen functional groups attached to an aromatic ring is 1. The van der Waals surface area contributed by atoms with Crippen LogP contribution in [-0.2, 0) is 4.74 Å². The number of fused-ring (bicyclic) bond motifs is 3. The van der Waals surface area contributed by atoms with Crippen LogP contribution in [0.1, 0.15) is 81.5 Å². The number of carbonyl (C=O) groups excluding carboxylic acids is 2. The summed E-state index contributed by atoms with van der Waals surface area (Å²) in [6.07, 6.45) is 5.72. The van der Waals surface area contributed by atoms with Crippen molar-refractivity contribution in [2.24, 2.45) is 11.8 Å². The largest absolute Gasteiger partial charge is 0.459 e. The van der Waals surface area contributed by atoms with Crippen molar-refractivity contribution in [1.29, 1.82) is 0 Å². The number of hydrogen-bond acceptors (Lipinski definition) is 5. The summed E-state index contributed by atoms with van der Waals surface area (Å²) in [6.45, 7) is 2.01. The van der Waals surface area contributed by atoms with Gasteiger partial charge in [0.05, 0.1) is 16.1 Å². The van der Waals surface area contributed by atoms with Crippen molar-refractivity contribution in [3.8, 4) is 11.1 Å². The summed E-state index contributed by atoms with van der Waals surface area (Å²) in [5.74, 6) is 0.565. The van der Waals surface area contributed by atoms with Gasteiger partial charge in [0, 0.05) is 27.6 Å². The third-order valence-corrected chi connectivity index (χ3v) is 9.42. The first-order chi connectivity index (χ1) is 18.3. The van der Waals surface area contributed by atoms with Gasteiger partial charge in [-0.3, -0.25) is 4.79 Å².